The van der Waals surface area contributed by atoms with Crippen molar-refractivity contribution >= 4 is 21.8 Å². The predicted octanol–water partition coefficient (Wildman–Crippen LogP) is 13.9. The predicted molar refractivity (Wildman–Crippen MR) is 267 cm³/mol. The summed E-state index contributed by atoms with van der Waals surface area (Å²) in [6.07, 6.45) is 8.19. The molecule has 0 aliphatic heterocycles. The molecule has 0 unspecified atom stereocenters. The highest BCUT2D eigenvalue weighted by molar-refractivity contribution is 5.97. The van der Waals surface area contributed by atoms with E-state index in [4.69, 9.17) is 29.9 Å². The molecule has 11 aromatic rings. The first-order valence-corrected chi connectivity index (χ1v) is 22.7. The van der Waals surface area contributed by atoms with E-state index in [0.29, 0.717) is 34.9 Å². The molecule has 4 aromatic heterocycles. The molecule has 0 saturated heterocycles. The van der Waals surface area contributed by atoms with Crippen molar-refractivity contribution in [3.63, 3.8) is 0 Å². The van der Waals surface area contributed by atoms with Gasteiger partial charge in [-0.1, -0.05) is 184 Å². The number of rotatable bonds is 12. The summed E-state index contributed by atoms with van der Waals surface area (Å²) in [5.74, 6) is 3.83. The van der Waals surface area contributed by atoms with E-state index in [-0.39, 0.29) is 0 Å². The highest BCUT2D eigenvalue weighted by Gasteiger charge is 2.23. The normalized spacial score (nSPS) is 11.4. The lowest BCUT2D eigenvalue weighted by molar-refractivity contribution is 0.875. The molecule has 66 heavy (non-hydrogen) atoms. The molecule has 8 nitrogen and oxygen atoms in total. The first-order chi connectivity index (χ1) is 32.6. The molecule has 11 rings (SSSR count). The molecule has 0 aliphatic carbocycles. The Morgan fingerprint density at radius 2 is 0.621 bits per heavy atom. The van der Waals surface area contributed by atoms with E-state index in [9.17, 15) is 0 Å². The van der Waals surface area contributed by atoms with Gasteiger partial charge in [-0.15, -0.1) is 0 Å². The van der Waals surface area contributed by atoms with Crippen LogP contribution in [0.3, 0.4) is 0 Å². The number of para-hydroxylation sites is 2. The summed E-state index contributed by atoms with van der Waals surface area (Å²) in [6.45, 7) is 4.50. The van der Waals surface area contributed by atoms with Crippen molar-refractivity contribution in [1.29, 1.82) is 0 Å². The molecule has 0 aliphatic rings. The summed E-state index contributed by atoms with van der Waals surface area (Å²) in [4.78, 5) is 30.6. The van der Waals surface area contributed by atoms with Crippen LogP contribution in [0.5, 0.6) is 0 Å². The molecule has 0 atom stereocenters. The van der Waals surface area contributed by atoms with Gasteiger partial charge in [0.2, 0.25) is 0 Å². The smallest absolute Gasteiger partial charge is 0.166 e. The molecular weight excluding hydrogens is 809 g/mol. The zero-order valence-corrected chi connectivity index (χ0v) is 36.9. The molecule has 0 fully saturated rings. The highest BCUT2D eigenvalue weighted by Crippen LogP contribution is 2.38. The molecule has 0 saturated carbocycles. The second-order valence-corrected chi connectivity index (χ2v) is 16.5. The third-order valence-corrected chi connectivity index (χ3v) is 12.1. The monoisotopic (exact) mass is 854 g/mol. The van der Waals surface area contributed by atoms with Crippen molar-refractivity contribution in [2.45, 2.75) is 39.5 Å². The van der Waals surface area contributed by atoms with E-state index in [2.05, 4.69) is 145 Å². The average Bonchev–Trinajstić information content (AvgIpc) is 3.97. The van der Waals surface area contributed by atoms with Crippen molar-refractivity contribution in [3.8, 4) is 79.7 Å². The SMILES string of the molecule is CCCc1cc(-n2cc(-c3nc(-c4ccccc4)nc(-c4ccccc4)n3)c3ccccc32)c(CCC)cc1-n1cc(-c2nc(-c3ccccc3)nc(-c3ccccc3)n2)c2ccccc21. The fourth-order valence-corrected chi connectivity index (χ4v) is 9.02. The van der Waals surface area contributed by atoms with Crippen molar-refractivity contribution in [2.24, 2.45) is 0 Å². The van der Waals surface area contributed by atoms with Crippen LogP contribution in [0, 0.1) is 0 Å². The second kappa shape index (κ2) is 17.7. The number of aryl methyl sites for hydroxylation is 2. The minimum absolute atomic E-state index is 0.635. The maximum absolute atomic E-state index is 5.16. The van der Waals surface area contributed by atoms with Crippen molar-refractivity contribution in [2.75, 3.05) is 0 Å². The third-order valence-electron chi connectivity index (χ3n) is 12.1. The van der Waals surface area contributed by atoms with Gasteiger partial charge < -0.3 is 9.13 Å². The number of aromatic nitrogens is 8. The molecule has 4 heterocycles. The molecule has 8 heteroatoms. The van der Waals surface area contributed by atoms with Gasteiger partial charge in [-0.25, -0.2) is 29.9 Å². The van der Waals surface area contributed by atoms with Gasteiger partial charge in [0.05, 0.1) is 11.0 Å². The molecule has 0 bridgehead atoms. The Bertz CT molecular complexity index is 3140. The van der Waals surface area contributed by atoms with Gasteiger partial charge in [-0.3, -0.25) is 0 Å². The van der Waals surface area contributed by atoms with E-state index in [1.54, 1.807) is 0 Å². The largest absolute Gasteiger partial charge is 0.316 e. The number of nitrogens with zero attached hydrogens (tertiary/aromatic N) is 8. The second-order valence-electron chi connectivity index (χ2n) is 16.5. The lowest BCUT2D eigenvalue weighted by Gasteiger charge is -2.19. The Balaban J connectivity index is 1.09. The van der Waals surface area contributed by atoms with Crippen LogP contribution in [0.1, 0.15) is 37.8 Å². The Labute approximate surface area is 384 Å². The fraction of sp³-hybridized carbons (Fsp3) is 0.103. The molecule has 0 spiro atoms. The van der Waals surface area contributed by atoms with Gasteiger partial charge >= 0.3 is 0 Å². The highest BCUT2D eigenvalue weighted by atomic mass is 15.1. The lowest BCUT2D eigenvalue weighted by atomic mass is 9.99. The van der Waals surface area contributed by atoms with Crippen LogP contribution < -0.4 is 0 Å². The molecule has 7 aromatic carbocycles. The summed E-state index contributed by atoms with van der Waals surface area (Å²) in [5, 5.41) is 2.15. The van der Waals surface area contributed by atoms with Crippen LogP contribution >= 0.6 is 0 Å². The summed E-state index contributed by atoms with van der Waals surface area (Å²) < 4.78 is 4.71. The Kier molecular flexibility index (Phi) is 10.8. The zero-order chi connectivity index (χ0) is 44.4. The van der Waals surface area contributed by atoms with Crippen molar-refractivity contribution in [3.05, 3.63) is 206 Å². The van der Waals surface area contributed by atoms with E-state index < -0.39 is 0 Å². The summed E-state index contributed by atoms with van der Waals surface area (Å²) >= 11 is 0. The maximum atomic E-state index is 5.16. The van der Waals surface area contributed by atoms with Crippen molar-refractivity contribution in [1.82, 2.24) is 39.0 Å². The molecular formula is C58H46N8. The third kappa shape index (κ3) is 7.62. The standard InChI is InChI=1S/C58H46N8/c1-3-21-43-35-52(66-38-48(46-32-18-20-34-50(46)66)58-63-55(41-27-13-7-14-28-41)60-56(64-58)42-29-15-8-16-30-42)44(22-4-2)36-51(43)65-37-47(45-31-17-19-33-49(45)65)57-61-53(39-23-9-5-10-24-39)59-54(62-57)40-25-11-6-12-26-40/h5-20,23-38H,3-4,21-22H2,1-2H3. The molecule has 318 valence electrons. The van der Waals surface area contributed by atoms with Gasteiger partial charge in [-0.2, -0.15) is 0 Å². The number of hydrogen-bond acceptors (Lipinski definition) is 6. The number of benzene rings is 7. The first kappa shape index (κ1) is 40.4. The van der Waals surface area contributed by atoms with Crippen LogP contribution in [0.15, 0.2) is 194 Å². The van der Waals surface area contributed by atoms with E-state index in [1.165, 1.54) is 11.1 Å². The summed E-state index contributed by atoms with van der Waals surface area (Å²) in [5.41, 5.74) is 12.7. The maximum Gasteiger partial charge on any atom is 0.166 e. The number of hydrogen-bond donors (Lipinski definition) is 0. The number of fused-ring (bicyclic) bond motifs is 2. The Hall–Kier alpha value is -8.36. The van der Waals surface area contributed by atoms with Crippen LogP contribution in [0.25, 0.3) is 102 Å². The molecule has 0 radical (unpaired) electrons. The topological polar surface area (TPSA) is 87.2 Å². The fourth-order valence-electron chi connectivity index (χ4n) is 9.02. The van der Waals surface area contributed by atoms with Crippen molar-refractivity contribution < 1.29 is 0 Å². The van der Waals surface area contributed by atoms with Crippen LogP contribution in [0.4, 0.5) is 0 Å². The minimum atomic E-state index is 0.635. The van der Waals surface area contributed by atoms with Gasteiger partial charge in [0.25, 0.3) is 0 Å². The van der Waals surface area contributed by atoms with Gasteiger partial charge in [-0.05, 0) is 48.2 Å². The quantitative estimate of drug-likeness (QED) is 0.122. The first-order valence-electron chi connectivity index (χ1n) is 22.7. The van der Waals surface area contributed by atoms with Gasteiger partial charge in [0, 0.05) is 67.9 Å². The van der Waals surface area contributed by atoms with Crippen LogP contribution in [0.2, 0.25) is 0 Å². The van der Waals surface area contributed by atoms with E-state index in [0.717, 1.165) is 92.2 Å². The Morgan fingerprint density at radius 1 is 0.333 bits per heavy atom. The van der Waals surface area contributed by atoms with Gasteiger partial charge in [0.1, 0.15) is 0 Å². The van der Waals surface area contributed by atoms with Crippen LogP contribution in [-0.4, -0.2) is 39.0 Å². The summed E-state index contributed by atoms with van der Waals surface area (Å²) in [7, 11) is 0. The van der Waals surface area contributed by atoms with E-state index in [1.807, 2.05) is 72.8 Å². The molecule has 0 N–H and O–H groups in total. The van der Waals surface area contributed by atoms with E-state index >= 15 is 0 Å². The van der Waals surface area contributed by atoms with Crippen LogP contribution in [-0.2, 0) is 12.8 Å². The lowest BCUT2D eigenvalue weighted by Crippen LogP contribution is -2.06. The Morgan fingerprint density at radius 3 is 0.939 bits per heavy atom. The zero-order valence-electron chi connectivity index (χ0n) is 36.9. The summed E-state index contributed by atoms with van der Waals surface area (Å²) in [6, 6.07) is 62.6. The van der Waals surface area contributed by atoms with Gasteiger partial charge in [0.15, 0.2) is 34.9 Å². The minimum Gasteiger partial charge on any atom is -0.316 e. The molecule has 0 amide bonds. The average molecular weight is 855 g/mol.